The zero-order valence-electron chi connectivity index (χ0n) is 21.6. The molecule has 1 aromatic heterocycles. The molecule has 1 saturated heterocycles. The Bertz CT molecular complexity index is 1250. The number of nitrogens with two attached hydrogens (primary N) is 1. The van der Waals surface area contributed by atoms with Crippen LogP contribution in [-0.2, 0) is 10.3 Å². The minimum atomic E-state index is -1.53. The number of allylic oxidation sites excluding steroid dienone is 3. The summed E-state index contributed by atoms with van der Waals surface area (Å²) < 4.78 is 35.2. The van der Waals surface area contributed by atoms with E-state index >= 15 is 4.39 Å². The lowest BCUT2D eigenvalue weighted by Crippen LogP contribution is -2.53. The Labute approximate surface area is 231 Å². The number of amides is 1. The van der Waals surface area contributed by atoms with E-state index in [0.717, 1.165) is 6.07 Å². The number of aromatic nitrogens is 1. The predicted molar refractivity (Wildman–Crippen MR) is 148 cm³/mol. The van der Waals surface area contributed by atoms with Crippen LogP contribution in [0.4, 0.5) is 14.5 Å². The Morgan fingerprint density at radius 3 is 2.63 bits per heavy atom. The SMILES string of the molecule is COc1cc(NC(=O)[C@@H]2N[C@@H](CC(C)(C)C)[C@](N)(c3ccc(Cl)cc3F)[C@H]2C(/C=C\C=C\Cl)=C\F)ccn1. The number of rotatable bonds is 8. The van der Waals surface area contributed by atoms with Crippen molar-refractivity contribution < 1.29 is 18.3 Å². The molecule has 0 radical (unpaired) electrons. The van der Waals surface area contributed by atoms with E-state index in [2.05, 4.69) is 15.6 Å². The van der Waals surface area contributed by atoms with E-state index in [-0.39, 0.29) is 21.6 Å². The molecule has 1 aromatic carbocycles. The highest BCUT2D eigenvalue weighted by atomic mass is 35.5. The van der Waals surface area contributed by atoms with Gasteiger partial charge in [-0.05, 0) is 35.6 Å². The Morgan fingerprint density at radius 1 is 1.29 bits per heavy atom. The van der Waals surface area contributed by atoms with Gasteiger partial charge in [-0.25, -0.2) is 13.8 Å². The molecular weight excluding hydrogens is 533 g/mol. The van der Waals surface area contributed by atoms with Crippen molar-refractivity contribution in [1.29, 1.82) is 0 Å². The van der Waals surface area contributed by atoms with Gasteiger partial charge >= 0.3 is 0 Å². The maximum Gasteiger partial charge on any atom is 0.242 e. The topological polar surface area (TPSA) is 89.3 Å². The largest absolute Gasteiger partial charge is 0.481 e. The zero-order chi connectivity index (χ0) is 28.1. The number of halogens is 4. The van der Waals surface area contributed by atoms with Crippen molar-refractivity contribution in [2.45, 2.75) is 44.8 Å². The van der Waals surface area contributed by atoms with E-state index in [1.807, 2.05) is 20.8 Å². The van der Waals surface area contributed by atoms with Gasteiger partial charge in [-0.2, -0.15) is 0 Å². The van der Waals surface area contributed by atoms with E-state index < -0.39 is 35.3 Å². The van der Waals surface area contributed by atoms with Crippen molar-refractivity contribution in [2.24, 2.45) is 17.1 Å². The summed E-state index contributed by atoms with van der Waals surface area (Å²) >= 11 is 11.7. The molecule has 2 heterocycles. The van der Waals surface area contributed by atoms with Gasteiger partial charge < -0.3 is 21.1 Å². The summed E-state index contributed by atoms with van der Waals surface area (Å²) in [5, 5.41) is 6.34. The molecule has 0 spiro atoms. The van der Waals surface area contributed by atoms with Crippen molar-refractivity contribution in [1.82, 2.24) is 10.3 Å². The molecule has 0 aliphatic carbocycles. The van der Waals surface area contributed by atoms with Gasteiger partial charge in [0.2, 0.25) is 11.8 Å². The van der Waals surface area contributed by atoms with Gasteiger partial charge in [-0.15, -0.1) is 0 Å². The lowest BCUT2D eigenvalue weighted by atomic mass is 9.68. The molecule has 1 aliphatic rings. The Morgan fingerprint density at radius 2 is 2.03 bits per heavy atom. The summed E-state index contributed by atoms with van der Waals surface area (Å²) in [6.45, 7) is 6.03. The highest BCUT2D eigenvalue weighted by Gasteiger charge is 2.58. The third kappa shape index (κ3) is 6.61. The summed E-state index contributed by atoms with van der Waals surface area (Å²) in [5.41, 5.74) is 7.23. The molecule has 4 atom stereocenters. The fourth-order valence-corrected chi connectivity index (χ4v) is 5.15. The smallest absolute Gasteiger partial charge is 0.242 e. The van der Waals surface area contributed by atoms with E-state index in [1.165, 1.54) is 49.2 Å². The van der Waals surface area contributed by atoms with E-state index in [1.54, 1.807) is 12.1 Å². The number of ether oxygens (including phenoxy) is 1. The first-order valence-electron chi connectivity index (χ1n) is 12.0. The van der Waals surface area contributed by atoms with Crippen molar-refractivity contribution in [3.05, 3.63) is 88.6 Å². The summed E-state index contributed by atoms with van der Waals surface area (Å²) in [7, 11) is 1.46. The van der Waals surface area contributed by atoms with Crippen molar-refractivity contribution in [3.63, 3.8) is 0 Å². The predicted octanol–water partition coefficient (Wildman–Crippen LogP) is 6.23. The van der Waals surface area contributed by atoms with Gasteiger partial charge in [0.25, 0.3) is 0 Å². The number of pyridine rings is 1. The van der Waals surface area contributed by atoms with Crippen LogP contribution in [-0.4, -0.2) is 30.1 Å². The number of carbonyl (C=O) groups excluding carboxylic acids is 1. The highest BCUT2D eigenvalue weighted by Crippen LogP contribution is 2.47. The number of carbonyl (C=O) groups is 1. The molecule has 0 saturated carbocycles. The van der Waals surface area contributed by atoms with Crippen LogP contribution in [0.15, 0.2) is 72.2 Å². The average Bonchev–Trinajstić information content (AvgIpc) is 3.13. The number of nitrogens with one attached hydrogen (secondary N) is 2. The Balaban J connectivity index is 2.19. The zero-order valence-corrected chi connectivity index (χ0v) is 23.2. The number of nitrogens with zero attached hydrogens (tertiary/aromatic N) is 1. The molecule has 6 nitrogen and oxygen atoms in total. The molecule has 38 heavy (non-hydrogen) atoms. The summed E-state index contributed by atoms with van der Waals surface area (Å²) in [6, 6.07) is 5.70. The van der Waals surface area contributed by atoms with Gasteiger partial charge in [-0.3, -0.25) is 4.79 Å². The van der Waals surface area contributed by atoms with Crippen molar-refractivity contribution >= 4 is 34.8 Å². The first kappa shape index (κ1) is 29.8. The summed E-state index contributed by atoms with van der Waals surface area (Å²) in [4.78, 5) is 17.8. The van der Waals surface area contributed by atoms with Gasteiger partial charge in [-0.1, -0.05) is 68.3 Å². The fraction of sp³-hybridized carbons (Fsp3) is 0.357. The van der Waals surface area contributed by atoms with Crippen molar-refractivity contribution in [2.75, 3.05) is 12.4 Å². The second-order valence-electron chi connectivity index (χ2n) is 10.4. The third-order valence-corrected chi connectivity index (χ3v) is 6.85. The molecule has 2 aromatic rings. The molecule has 4 N–H and O–H groups in total. The number of hydrogen-bond donors (Lipinski definition) is 3. The Kier molecular flexibility index (Phi) is 9.70. The van der Waals surface area contributed by atoms with Gasteiger partial charge in [0.15, 0.2) is 0 Å². The van der Waals surface area contributed by atoms with E-state index in [0.29, 0.717) is 24.3 Å². The maximum atomic E-state index is 15.5. The molecule has 1 fully saturated rings. The third-order valence-electron chi connectivity index (χ3n) is 6.47. The Hall–Kier alpha value is -2.78. The number of hydrogen-bond acceptors (Lipinski definition) is 5. The van der Waals surface area contributed by atoms with Crippen LogP contribution >= 0.6 is 23.2 Å². The monoisotopic (exact) mass is 564 g/mol. The molecule has 0 bridgehead atoms. The van der Waals surface area contributed by atoms with Gasteiger partial charge in [0.05, 0.1) is 25.0 Å². The van der Waals surface area contributed by atoms with E-state index in [4.69, 9.17) is 33.7 Å². The molecule has 3 rings (SSSR count). The molecule has 1 aliphatic heterocycles. The number of anilines is 1. The van der Waals surface area contributed by atoms with Crippen molar-refractivity contribution in [3.8, 4) is 5.88 Å². The first-order chi connectivity index (χ1) is 17.9. The maximum absolute atomic E-state index is 15.5. The normalized spacial score (nSPS) is 24.3. The minimum Gasteiger partial charge on any atom is -0.481 e. The summed E-state index contributed by atoms with van der Waals surface area (Å²) in [6.07, 6.45) is 6.82. The lowest BCUT2D eigenvalue weighted by molar-refractivity contribution is -0.118. The van der Waals surface area contributed by atoms with Crippen LogP contribution in [0.1, 0.15) is 32.8 Å². The van der Waals surface area contributed by atoms with E-state index in [9.17, 15) is 9.18 Å². The quantitative estimate of drug-likeness (QED) is 0.331. The molecular formula is C28H32Cl2F2N4O2. The lowest BCUT2D eigenvalue weighted by Gasteiger charge is -2.40. The van der Waals surface area contributed by atoms with Gasteiger partial charge in [0.1, 0.15) is 5.82 Å². The van der Waals surface area contributed by atoms with Crippen LogP contribution in [0.25, 0.3) is 0 Å². The summed E-state index contributed by atoms with van der Waals surface area (Å²) in [5.74, 6) is -1.84. The molecule has 204 valence electrons. The van der Waals surface area contributed by atoms with Crippen LogP contribution in [0.5, 0.6) is 5.88 Å². The standard InChI is InChI=1S/C28H32Cl2F2N4O2/c1-27(2,3)15-22-28(33,20-9-8-18(30)13-21(20)32)24(17(16-31)7-5-6-11-29)25(36-22)26(37)35-19-10-12-34-23(14-19)38-4/h5-14,16,22,24-25,36H,15,33H2,1-4H3,(H,34,35,37)/b7-5-,11-6+,17-16-/t22-,24-,25+,28+/m0/s1. The molecule has 0 unspecified atom stereocenters. The molecule has 1 amide bonds. The second kappa shape index (κ2) is 12.4. The first-order valence-corrected chi connectivity index (χ1v) is 12.8. The van der Waals surface area contributed by atoms with Crippen LogP contribution < -0.4 is 21.1 Å². The molecule has 10 heteroatoms. The van der Waals surface area contributed by atoms with Crippen LogP contribution in [0.3, 0.4) is 0 Å². The number of methoxy groups -OCH3 is 1. The van der Waals surface area contributed by atoms with Crippen LogP contribution in [0, 0.1) is 17.2 Å². The minimum absolute atomic E-state index is 0.0907. The average molecular weight is 565 g/mol. The van der Waals surface area contributed by atoms with Gasteiger partial charge in [0, 0.05) is 46.0 Å². The highest BCUT2D eigenvalue weighted by molar-refractivity contribution is 6.30. The number of benzene rings is 1. The van der Waals surface area contributed by atoms with Crippen LogP contribution in [0.2, 0.25) is 5.02 Å². The fourth-order valence-electron chi connectivity index (χ4n) is 4.91. The second-order valence-corrected chi connectivity index (χ2v) is 11.0.